The highest BCUT2D eigenvalue weighted by atomic mass is 32.1. The molecule has 166 valence electrons. The zero-order valence-electron chi connectivity index (χ0n) is 16.4. The van der Waals surface area contributed by atoms with E-state index in [-0.39, 0.29) is 11.7 Å². The molecule has 0 spiro atoms. The maximum atomic E-state index is 12.7. The first kappa shape index (κ1) is 23.0. The number of hydrazone groups is 1. The fourth-order valence-electron chi connectivity index (χ4n) is 3.22. The summed E-state index contributed by atoms with van der Waals surface area (Å²) in [6.07, 6.45) is -3.42. The molecule has 0 aliphatic carbocycles. The summed E-state index contributed by atoms with van der Waals surface area (Å²) in [4.78, 5) is 13.3. The molecule has 1 saturated heterocycles. The number of likely N-dealkylation sites (tertiary alicyclic amines) is 1. The van der Waals surface area contributed by atoms with Gasteiger partial charge in [-0.3, -0.25) is 10.2 Å². The Labute approximate surface area is 186 Å². The van der Waals surface area contributed by atoms with Crippen LogP contribution in [-0.2, 0) is 11.0 Å². The van der Waals surface area contributed by atoms with E-state index in [1.165, 1.54) is 23.5 Å². The first-order valence-corrected chi connectivity index (χ1v) is 10.7. The number of carbonyl (C=O) groups is 1. The van der Waals surface area contributed by atoms with Gasteiger partial charge < -0.3 is 15.1 Å². The number of halogens is 3. The van der Waals surface area contributed by atoms with Gasteiger partial charge in [0, 0.05) is 18.5 Å². The van der Waals surface area contributed by atoms with E-state index < -0.39 is 17.7 Å². The zero-order valence-corrected chi connectivity index (χ0v) is 18.1. The number of nitrogens with zero attached hydrogens (tertiary/aromatic N) is 2. The second-order valence-electron chi connectivity index (χ2n) is 7.12. The second-order valence-corrected chi connectivity index (χ2v) is 8.38. The van der Waals surface area contributed by atoms with Gasteiger partial charge in [0.25, 0.3) is 0 Å². The van der Waals surface area contributed by atoms with E-state index in [2.05, 4.69) is 10.5 Å². The number of alkyl halides is 3. The minimum absolute atomic E-state index is 0.0685. The van der Waals surface area contributed by atoms with Gasteiger partial charge in [0.05, 0.1) is 27.6 Å². The van der Waals surface area contributed by atoms with E-state index in [1.807, 2.05) is 4.90 Å². The average Bonchev–Trinajstić information content (AvgIpc) is 3.12. The lowest BCUT2D eigenvalue weighted by molar-refractivity contribution is -0.143. The van der Waals surface area contributed by atoms with Crippen molar-refractivity contribution in [2.75, 3.05) is 13.1 Å². The first-order valence-electron chi connectivity index (χ1n) is 9.38. The van der Waals surface area contributed by atoms with Crippen LogP contribution in [0.2, 0.25) is 0 Å². The fourth-order valence-corrected chi connectivity index (χ4v) is 4.46. The van der Waals surface area contributed by atoms with Crippen LogP contribution in [0.15, 0.2) is 34.7 Å². The molecule has 2 aromatic rings. The summed E-state index contributed by atoms with van der Waals surface area (Å²) in [6, 6.07) is 4.59. The number of benzene rings is 1. The van der Waals surface area contributed by atoms with Gasteiger partial charge in [-0.15, -0.1) is 11.3 Å². The normalized spacial score (nSPS) is 15.7. The Morgan fingerprint density at radius 3 is 2.42 bits per heavy atom. The Kier molecular flexibility index (Phi) is 6.85. The van der Waals surface area contributed by atoms with E-state index in [1.54, 1.807) is 12.3 Å². The highest BCUT2D eigenvalue weighted by Gasteiger charge is 2.30. The Morgan fingerprint density at radius 1 is 1.26 bits per heavy atom. The molecule has 0 amide bonds. The molecular formula is C20H20F3N3O3S2. The van der Waals surface area contributed by atoms with E-state index in [0.717, 1.165) is 12.1 Å². The van der Waals surface area contributed by atoms with Crippen molar-refractivity contribution < 1.29 is 28.2 Å². The average molecular weight is 472 g/mol. The van der Waals surface area contributed by atoms with Crippen molar-refractivity contribution in [1.29, 1.82) is 0 Å². The lowest BCUT2D eigenvalue weighted by atomic mass is 9.97. The third-order valence-electron chi connectivity index (χ3n) is 5.08. The van der Waals surface area contributed by atoms with Crippen LogP contribution >= 0.6 is 23.6 Å². The summed E-state index contributed by atoms with van der Waals surface area (Å²) in [5.41, 5.74) is 3.38. The molecule has 1 aliphatic heterocycles. The minimum Gasteiger partial charge on any atom is -0.506 e. The summed E-state index contributed by atoms with van der Waals surface area (Å²) in [5, 5.41) is 25.9. The predicted molar refractivity (Wildman–Crippen MR) is 116 cm³/mol. The highest BCUT2D eigenvalue weighted by molar-refractivity contribution is 7.80. The Morgan fingerprint density at radius 2 is 1.87 bits per heavy atom. The number of thiophene rings is 1. The molecule has 1 aliphatic rings. The van der Waals surface area contributed by atoms with Crippen molar-refractivity contribution >= 4 is 40.3 Å². The Hall–Kier alpha value is -2.66. The highest BCUT2D eigenvalue weighted by Crippen LogP contribution is 2.40. The summed E-state index contributed by atoms with van der Waals surface area (Å²) < 4.78 is 38.2. The summed E-state index contributed by atoms with van der Waals surface area (Å²) in [6.45, 7) is 2.70. The van der Waals surface area contributed by atoms with Crippen molar-refractivity contribution in [3.63, 3.8) is 0 Å². The summed E-state index contributed by atoms with van der Waals surface area (Å²) >= 11 is 6.51. The number of hydrogen-bond donors (Lipinski definition) is 3. The lowest BCUT2D eigenvalue weighted by Crippen LogP contribution is -2.44. The van der Waals surface area contributed by atoms with Crippen LogP contribution < -0.4 is 5.43 Å². The van der Waals surface area contributed by atoms with Crippen LogP contribution in [0.4, 0.5) is 13.2 Å². The third-order valence-corrected chi connectivity index (χ3v) is 6.45. The molecule has 1 fully saturated rings. The van der Waals surface area contributed by atoms with E-state index in [0.29, 0.717) is 52.8 Å². The van der Waals surface area contributed by atoms with Gasteiger partial charge in [-0.05, 0) is 49.7 Å². The molecule has 0 atom stereocenters. The van der Waals surface area contributed by atoms with Crippen LogP contribution in [-0.4, -0.2) is 45.0 Å². The summed E-state index contributed by atoms with van der Waals surface area (Å²) in [5.74, 6) is -1.24. The lowest BCUT2D eigenvalue weighted by Gasteiger charge is -2.31. The van der Waals surface area contributed by atoms with Crippen LogP contribution in [0, 0.1) is 5.92 Å². The molecular weight excluding hydrogens is 451 g/mol. The molecule has 2 heterocycles. The van der Waals surface area contributed by atoms with Crippen LogP contribution in [0.3, 0.4) is 0 Å². The SMILES string of the molecule is CC(=NNC(=S)N1CCC(C(=O)O)CC1)c1csc(-c2ccc(C(F)(F)F)cc2)c1O. The Bertz CT molecular complexity index is 995. The van der Waals surface area contributed by atoms with Crippen molar-refractivity contribution in [3.05, 3.63) is 40.8 Å². The van der Waals surface area contributed by atoms with Gasteiger partial charge >= 0.3 is 12.1 Å². The van der Waals surface area contributed by atoms with Crippen molar-refractivity contribution in [2.45, 2.75) is 25.9 Å². The van der Waals surface area contributed by atoms with Crippen molar-refractivity contribution in [3.8, 4) is 16.2 Å². The Balaban J connectivity index is 1.67. The standard InChI is InChI=1S/C20H20F3N3O3S2/c1-11(24-25-19(30)26-8-6-13(7-9-26)18(28)29)15-10-31-17(16(15)27)12-2-4-14(5-3-12)20(21,22)23/h2-5,10,13,27H,6-9H2,1H3,(H,25,30)(H,28,29). The van der Waals surface area contributed by atoms with Crippen molar-refractivity contribution in [1.82, 2.24) is 10.3 Å². The second kappa shape index (κ2) is 9.23. The van der Waals surface area contributed by atoms with Crippen molar-refractivity contribution in [2.24, 2.45) is 11.0 Å². The van der Waals surface area contributed by atoms with Gasteiger partial charge in [-0.1, -0.05) is 12.1 Å². The van der Waals surface area contributed by atoms with Gasteiger partial charge in [-0.25, -0.2) is 0 Å². The fraction of sp³-hybridized carbons (Fsp3) is 0.350. The number of carboxylic acid groups (broad SMARTS) is 1. The number of aliphatic carboxylic acids is 1. The molecule has 31 heavy (non-hydrogen) atoms. The van der Waals surface area contributed by atoms with E-state index in [4.69, 9.17) is 17.3 Å². The maximum absolute atomic E-state index is 12.7. The molecule has 11 heteroatoms. The third kappa shape index (κ3) is 5.34. The van der Waals surface area contributed by atoms with E-state index in [9.17, 15) is 23.1 Å². The minimum atomic E-state index is -4.42. The molecule has 3 rings (SSSR count). The smallest absolute Gasteiger partial charge is 0.416 e. The molecule has 0 saturated carbocycles. The molecule has 0 bridgehead atoms. The van der Waals surface area contributed by atoms with Gasteiger partial charge in [0.2, 0.25) is 0 Å². The number of nitrogens with one attached hydrogen (secondary N) is 1. The summed E-state index contributed by atoms with van der Waals surface area (Å²) in [7, 11) is 0. The monoisotopic (exact) mass is 471 g/mol. The molecule has 0 radical (unpaired) electrons. The van der Waals surface area contributed by atoms with Gasteiger partial charge in [0.1, 0.15) is 5.75 Å². The molecule has 3 N–H and O–H groups in total. The molecule has 1 aromatic carbocycles. The maximum Gasteiger partial charge on any atom is 0.416 e. The predicted octanol–water partition coefficient (Wildman–Crippen LogP) is 4.53. The number of aromatic hydroxyl groups is 1. The van der Waals surface area contributed by atoms with Crippen LogP contribution in [0.25, 0.3) is 10.4 Å². The first-order chi connectivity index (χ1) is 14.6. The van der Waals surface area contributed by atoms with Gasteiger partial charge in [-0.2, -0.15) is 18.3 Å². The quantitative estimate of drug-likeness (QED) is 0.345. The molecule has 0 unspecified atom stereocenters. The number of rotatable bonds is 4. The number of hydrogen-bond acceptors (Lipinski definition) is 5. The van der Waals surface area contributed by atoms with Crippen LogP contribution in [0.5, 0.6) is 5.75 Å². The van der Waals surface area contributed by atoms with Crippen LogP contribution in [0.1, 0.15) is 30.9 Å². The topological polar surface area (TPSA) is 85.2 Å². The zero-order chi connectivity index (χ0) is 22.8. The molecule has 6 nitrogen and oxygen atoms in total. The molecule has 1 aromatic heterocycles. The largest absolute Gasteiger partial charge is 0.506 e. The van der Waals surface area contributed by atoms with Gasteiger partial charge in [0.15, 0.2) is 5.11 Å². The number of carboxylic acids is 1. The van der Waals surface area contributed by atoms with E-state index >= 15 is 0 Å². The number of thiocarbonyl (C=S) groups is 1. The number of piperidine rings is 1.